The maximum Gasteiger partial charge on any atom is 0.184 e. The van der Waals surface area contributed by atoms with Crippen LogP contribution in [-0.4, -0.2) is 34.4 Å². The Morgan fingerprint density at radius 1 is 0.848 bits per heavy atom. The quantitative estimate of drug-likeness (QED) is 0.401. The number of aliphatic hydroxyl groups is 2. The number of nitrogens with two attached hydrogens (primary N) is 1. The molecule has 174 valence electrons. The fourth-order valence-corrected chi connectivity index (χ4v) is 4.82. The lowest BCUT2D eigenvalue weighted by Gasteiger charge is -2.36. The van der Waals surface area contributed by atoms with Crippen molar-refractivity contribution in [3.8, 4) is 11.1 Å². The summed E-state index contributed by atoms with van der Waals surface area (Å²) in [6.45, 7) is 0.690. The van der Waals surface area contributed by atoms with Gasteiger partial charge in [0.15, 0.2) is 6.29 Å². The summed E-state index contributed by atoms with van der Waals surface area (Å²) in [6.07, 6.45) is 0.150. The van der Waals surface area contributed by atoms with Crippen LogP contribution in [-0.2, 0) is 22.6 Å². The lowest BCUT2D eigenvalue weighted by atomic mass is 9.99. The molecular weight excluding hydrogens is 434 g/mol. The number of ether oxygens (including phenoxy) is 2. The van der Waals surface area contributed by atoms with Gasteiger partial charge in [-0.05, 0) is 39.9 Å². The second-order valence-electron chi connectivity index (χ2n) is 8.18. The van der Waals surface area contributed by atoms with E-state index in [4.69, 9.17) is 20.3 Å². The van der Waals surface area contributed by atoms with Gasteiger partial charge >= 0.3 is 0 Å². The van der Waals surface area contributed by atoms with E-state index in [9.17, 15) is 5.11 Å². The minimum atomic E-state index is -0.487. The Morgan fingerprint density at radius 3 is 2.33 bits per heavy atom. The van der Waals surface area contributed by atoms with Crippen LogP contribution in [0.15, 0.2) is 72.8 Å². The van der Waals surface area contributed by atoms with E-state index in [0.717, 1.165) is 45.6 Å². The Balaban J connectivity index is 1.58. The van der Waals surface area contributed by atoms with Gasteiger partial charge in [-0.2, -0.15) is 11.8 Å². The number of rotatable bonds is 9. The Bertz CT molecular complexity index is 1030. The molecule has 0 spiro atoms. The average Bonchev–Trinajstić information content (AvgIpc) is 2.89. The number of hydrogen-bond donors (Lipinski definition) is 3. The Kier molecular flexibility index (Phi) is 8.56. The van der Waals surface area contributed by atoms with Crippen LogP contribution >= 0.6 is 11.8 Å². The zero-order valence-electron chi connectivity index (χ0n) is 18.6. The molecule has 3 aromatic carbocycles. The van der Waals surface area contributed by atoms with Crippen LogP contribution < -0.4 is 5.73 Å². The number of aliphatic hydroxyl groups excluding tert-OH is 2. The van der Waals surface area contributed by atoms with Crippen molar-refractivity contribution in [3.05, 3.63) is 95.1 Å². The lowest BCUT2D eigenvalue weighted by Crippen LogP contribution is -2.31. The molecule has 1 saturated heterocycles. The van der Waals surface area contributed by atoms with E-state index in [1.807, 2.05) is 48.5 Å². The van der Waals surface area contributed by atoms with Gasteiger partial charge in [-0.3, -0.25) is 0 Å². The van der Waals surface area contributed by atoms with Crippen LogP contribution in [0.3, 0.4) is 0 Å². The van der Waals surface area contributed by atoms with Crippen molar-refractivity contribution in [1.82, 2.24) is 0 Å². The summed E-state index contributed by atoms with van der Waals surface area (Å²) in [7, 11) is 0. The highest BCUT2D eigenvalue weighted by Gasteiger charge is 2.32. The van der Waals surface area contributed by atoms with Crippen molar-refractivity contribution in [3.63, 3.8) is 0 Å². The third-order valence-electron chi connectivity index (χ3n) is 5.81. The van der Waals surface area contributed by atoms with Gasteiger partial charge in [-0.1, -0.05) is 60.7 Å². The number of hydrogen-bond acceptors (Lipinski definition) is 6. The van der Waals surface area contributed by atoms with E-state index >= 15 is 0 Å². The first-order valence-electron chi connectivity index (χ1n) is 11.3. The first-order chi connectivity index (χ1) is 16.2. The number of benzene rings is 3. The molecule has 1 fully saturated rings. The fourth-order valence-electron chi connectivity index (χ4n) is 4.04. The SMILES string of the molecule is NCc1cccc(-c2cccc([C@H]3O[C@@H](CSCCO)C[C@@H](c4ccc(CO)cc4)O3)c2)c1. The van der Waals surface area contributed by atoms with E-state index in [1.54, 1.807) is 11.8 Å². The molecular formula is C27H31NO4S. The van der Waals surface area contributed by atoms with Crippen LogP contribution in [0.1, 0.15) is 41.1 Å². The average molecular weight is 466 g/mol. The molecule has 1 heterocycles. The van der Waals surface area contributed by atoms with Gasteiger partial charge in [0.05, 0.1) is 25.4 Å². The molecule has 0 amide bonds. The molecule has 0 saturated carbocycles. The molecule has 33 heavy (non-hydrogen) atoms. The molecule has 0 aromatic heterocycles. The zero-order chi connectivity index (χ0) is 23.0. The van der Waals surface area contributed by atoms with E-state index in [1.165, 1.54) is 0 Å². The highest BCUT2D eigenvalue weighted by molar-refractivity contribution is 7.99. The molecule has 3 aromatic rings. The Labute approximate surface area is 199 Å². The zero-order valence-corrected chi connectivity index (χ0v) is 19.4. The molecule has 0 bridgehead atoms. The van der Waals surface area contributed by atoms with Gasteiger partial charge in [-0.25, -0.2) is 0 Å². The second kappa shape index (κ2) is 11.8. The van der Waals surface area contributed by atoms with Gasteiger partial charge < -0.3 is 25.4 Å². The normalized spacial score (nSPS) is 20.6. The van der Waals surface area contributed by atoms with Crippen molar-refractivity contribution in [2.24, 2.45) is 5.73 Å². The van der Waals surface area contributed by atoms with Crippen LogP contribution in [0.2, 0.25) is 0 Å². The molecule has 0 radical (unpaired) electrons. The van der Waals surface area contributed by atoms with Crippen LogP contribution in [0.4, 0.5) is 0 Å². The Morgan fingerprint density at radius 2 is 1.61 bits per heavy atom. The van der Waals surface area contributed by atoms with Crippen molar-refractivity contribution < 1.29 is 19.7 Å². The van der Waals surface area contributed by atoms with Gasteiger partial charge in [0.1, 0.15) is 0 Å². The van der Waals surface area contributed by atoms with Gasteiger partial charge in [0.2, 0.25) is 0 Å². The van der Waals surface area contributed by atoms with Crippen molar-refractivity contribution >= 4 is 11.8 Å². The molecule has 1 aliphatic rings. The summed E-state index contributed by atoms with van der Waals surface area (Å²) < 4.78 is 12.8. The van der Waals surface area contributed by atoms with Crippen LogP contribution in [0, 0.1) is 0 Å². The van der Waals surface area contributed by atoms with Gasteiger partial charge in [-0.15, -0.1) is 0 Å². The van der Waals surface area contributed by atoms with Crippen molar-refractivity contribution in [1.29, 1.82) is 0 Å². The van der Waals surface area contributed by atoms with Gasteiger partial charge in [0, 0.05) is 30.0 Å². The maximum atomic E-state index is 9.36. The third kappa shape index (κ3) is 6.23. The molecule has 6 heteroatoms. The van der Waals surface area contributed by atoms with E-state index in [0.29, 0.717) is 12.3 Å². The number of thioether (sulfide) groups is 1. The predicted molar refractivity (Wildman–Crippen MR) is 133 cm³/mol. The highest BCUT2D eigenvalue weighted by atomic mass is 32.2. The smallest absolute Gasteiger partial charge is 0.184 e. The highest BCUT2D eigenvalue weighted by Crippen LogP contribution is 2.39. The summed E-state index contributed by atoms with van der Waals surface area (Å²) in [5.74, 6) is 1.48. The molecule has 3 atom stereocenters. The molecule has 4 N–H and O–H groups in total. The largest absolute Gasteiger partial charge is 0.396 e. The standard InChI is InChI=1S/C27H31NO4S/c28-16-20-3-1-4-22(13-20)23-5-2-6-24(14-23)27-31-25(18-33-12-11-29)15-26(32-27)21-9-7-19(17-30)8-10-21/h1-10,13-14,25-27,29-30H,11-12,15-18,28H2/t25-,26+,27+/m1/s1. The first kappa shape index (κ1) is 24.0. The van der Waals surface area contributed by atoms with Gasteiger partial charge in [0.25, 0.3) is 0 Å². The second-order valence-corrected chi connectivity index (χ2v) is 9.33. The van der Waals surface area contributed by atoms with E-state index < -0.39 is 6.29 Å². The minimum absolute atomic E-state index is 0.00652. The summed E-state index contributed by atoms with van der Waals surface area (Å²) in [4.78, 5) is 0. The van der Waals surface area contributed by atoms with Crippen LogP contribution in [0.25, 0.3) is 11.1 Å². The third-order valence-corrected chi connectivity index (χ3v) is 6.89. The fraction of sp³-hybridized carbons (Fsp3) is 0.333. The topological polar surface area (TPSA) is 84.9 Å². The molecule has 1 aliphatic heterocycles. The monoisotopic (exact) mass is 465 g/mol. The maximum absolute atomic E-state index is 9.36. The van der Waals surface area contributed by atoms with Crippen molar-refractivity contribution in [2.45, 2.75) is 38.1 Å². The lowest BCUT2D eigenvalue weighted by molar-refractivity contribution is -0.245. The summed E-state index contributed by atoms with van der Waals surface area (Å²) in [6, 6.07) is 24.4. The van der Waals surface area contributed by atoms with E-state index in [2.05, 4.69) is 24.3 Å². The van der Waals surface area contributed by atoms with Crippen molar-refractivity contribution in [2.75, 3.05) is 18.1 Å². The van der Waals surface area contributed by atoms with E-state index in [-0.39, 0.29) is 25.4 Å². The summed E-state index contributed by atoms with van der Waals surface area (Å²) in [5, 5.41) is 18.5. The summed E-state index contributed by atoms with van der Waals surface area (Å²) in [5.41, 5.74) is 12.0. The summed E-state index contributed by atoms with van der Waals surface area (Å²) >= 11 is 1.69. The predicted octanol–water partition coefficient (Wildman–Crippen LogP) is 4.58. The molecule has 5 nitrogen and oxygen atoms in total. The minimum Gasteiger partial charge on any atom is -0.396 e. The molecule has 4 rings (SSSR count). The van der Waals surface area contributed by atoms with Crippen LogP contribution in [0.5, 0.6) is 0 Å². The Hall–Kier alpha value is -2.19. The first-order valence-corrected chi connectivity index (χ1v) is 12.4. The molecule has 0 unspecified atom stereocenters. The molecule has 0 aliphatic carbocycles.